The molecule has 6 nitrogen and oxygen atoms in total. The summed E-state index contributed by atoms with van der Waals surface area (Å²) in [6, 6.07) is 5.10. The van der Waals surface area contributed by atoms with E-state index in [0.29, 0.717) is 19.1 Å². The lowest BCUT2D eigenvalue weighted by Gasteiger charge is -2.19. The largest absolute Gasteiger partial charge is 0.348 e. The summed E-state index contributed by atoms with van der Waals surface area (Å²) in [4.78, 5) is 15.2. The Kier molecular flexibility index (Phi) is 5.91. The summed E-state index contributed by atoms with van der Waals surface area (Å²) in [6.45, 7) is 6.18. The minimum Gasteiger partial charge on any atom is -0.348 e. The minimum atomic E-state index is -3.63. The summed E-state index contributed by atoms with van der Waals surface area (Å²) in [5.41, 5.74) is 0.213. The summed E-state index contributed by atoms with van der Waals surface area (Å²) in [5, 5.41) is 3.27. The van der Waals surface area contributed by atoms with Gasteiger partial charge in [0.1, 0.15) is 0 Å². The van der Waals surface area contributed by atoms with Crippen LogP contribution < -0.4 is 5.32 Å². The molecule has 1 aromatic rings. The van der Waals surface area contributed by atoms with E-state index in [0.717, 1.165) is 19.5 Å². The second-order valence-electron chi connectivity index (χ2n) is 6.92. The topological polar surface area (TPSA) is 69.7 Å². The quantitative estimate of drug-likeness (QED) is 0.764. The first-order chi connectivity index (χ1) is 12.4. The molecule has 1 aliphatic carbocycles. The Labute approximate surface area is 160 Å². The molecular formula is C18H26ClN3O3S. The van der Waals surface area contributed by atoms with Crippen molar-refractivity contribution in [2.75, 3.05) is 26.2 Å². The van der Waals surface area contributed by atoms with E-state index in [1.54, 1.807) is 13.8 Å². The van der Waals surface area contributed by atoms with Crippen molar-refractivity contribution in [1.82, 2.24) is 14.5 Å². The third-order valence-electron chi connectivity index (χ3n) is 5.14. The zero-order valence-electron chi connectivity index (χ0n) is 15.2. The first-order valence-electron chi connectivity index (χ1n) is 9.21. The number of sulfonamides is 1. The Morgan fingerprint density at radius 2 is 1.96 bits per heavy atom. The van der Waals surface area contributed by atoms with Crippen molar-refractivity contribution in [3.8, 4) is 0 Å². The van der Waals surface area contributed by atoms with Gasteiger partial charge in [-0.2, -0.15) is 4.31 Å². The van der Waals surface area contributed by atoms with Crippen LogP contribution in [0.3, 0.4) is 0 Å². The highest BCUT2D eigenvalue weighted by Crippen LogP contribution is 2.30. The molecule has 8 heteroatoms. The molecular weight excluding hydrogens is 374 g/mol. The Morgan fingerprint density at radius 1 is 1.27 bits per heavy atom. The maximum atomic E-state index is 12.7. The molecule has 1 saturated carbocycles. The predicted octanol–water partition coefficient (Wildman–Crippen LogP) is 2.34. The average Bonchev–Trinajstić information content (AvgIpc) is 3.35. The van der Waals surface area contributed by atoms with Crippen molar-refractivity contribution in [2.24, 2.45) is 0 Å². The van der Waals surface area contributed by atoms with Crippen LogP contribution in [0, 0.1) is 0 Å². The van der Waals surface area contributed by atoms with Gasteiger partial charge in [0.2, 0.25) is 10.0 Å². The number of hydrogen-bond acceptors (Lipinski definition) is 4. The van der Waals surface area contributed by atoms with Crippen LogP contribution in [-0.2, 0) is 10.0 Å². The van der Waals surface area contributed by atoms with E-state index >= 15 is 0 Å². The summed E-state index contributed by atoms with van der Waals surface area (Å²) >= 11 is 6.18. The molecule has 1 aromatic carbocycles. The van der Waals surface area contributed by atoms with Crippen LogP contribution in [-0.4, -0.2) is 61.8 Å². The number of nitrogens with one attached hydrogen (secondary N) is 1. The molecule has 26 heavy (non-hydrogen) atoms. The fourth-order valence-corrected chi connectivity index (χ4v) is 5.18. The number of rotatable bonds is 7. The van der Waals surface area contributed by atoms with Crippen molar-refractivity contribution >= 4 is 27.5 Å². The minimum absolute atomic E-state index is 0.0854. The molecule has 0 radical (unpaired) electrons. The maximum Gasteiger partial charge on any atom is 0.253 e. The summed E-state index contributed by atoms with van der Waals surface area (Å²) in [5.74, 6) is -0.311. The smallest absolute Gasteiger partial charge is 0.253 e. The van der Waals surface area contributed by atoms with E-state index in [4.69, 9.17) is 11.6 Å². The van der Waals surface area contributed by atoms with Crippen LogP contribution in [0.4, 0.5) is 0 Å². The second-order valence-corrected chi connectivity index (χ2v) is 9.26. The van der Waals surface area contributed by atoms with Gasteiger partial charge in [0.25, 0.3) is 5.91 Å². The molecule has 2 aliphatic rings. The number of likely N-dealkylation sites (tertiary alicyclic amines) is 1. The fraction of sp³-hybridized carbons (Fsp3) is 0.611. The zero-order chi connectivity index (χ0) is 18.9. The SMILES string of the molecule is CCN(CC)S(=O)(=O)c1ccc(Cl)c(C(=O)NC2CCN(C3CC3)C2)c1. The number of hydrogen-bond donors (Lipinski definition) is 1. The summed E-state index contributed by atoms with van der Waals surface area (Å²) in [7, 11) is -3.63. The van der Waals surface area contributed by atoms with Crippen molar-refractivity contribution in [2.45, 2.75) is 50.1 Å². The van der Waals surface area contributed by atoms with E-state index in [1.807, 2.05) is 0 Å². The Hall–Kier alpha value is -1.15. The van der Waals surface area contributed by atoms with Crippen LogP contribution in [0.15, 0.2) is 23.1 Å². The molecule has 1 atom stereocenters. The van der Waals surface area contributed by atoms with Gasteiger partial charge < -0.3 is 5.32 Å². The van der Waals surface area contributed by atoms with Gasteiger partial charge in [0.05, 0.1) is 15.5 Å². The molecule has 3 rings (SSSR count). The lowest BCUT2D eigenvalue weighted by molar-refractivity contribution is 0.0937. The molecule has 1 N–H and O–H groups in total. The highest BCUT2D eigenvalue weighted by molar-refractivity contribution is 7.89. The van der Waals surface area contributed by atoms with Crippen LogP contribution in [0.5, 0.6) is 0 Å². The Morgan fingerprint density at radius 3 is 2.58 bits per heavy atom. The normalized spacial score (nSPS) is 21.3. The van der Waals surface area contributed by atoms with Gasteiger partial charge in [-0.25, -0.2) is 8.42 Å². The van der Waals surface area contributed by atoms with Gasteiger partial charge in [0.15, 0.2) is 0 Å². The number of benzene rings is 1. The first-order valence-corrected chi connectivity index (χ1v) is 11.0. The van der Waals surface area contributed by atoms with Gasteiger partial charge in [-0.3, -0.25) is 9.69 Å². The Bertz CT molecular complexity index is 776. The number of carbonyl (C=O) groups is 1. The molecule has 144 valence electrons. The molecule has 0 aromatic heterocycles. The molecule has 1 unspecified atom stereocenters. The van der Waals surface area contributed by atoms with Gasteiger partial charge in [-0.1, -0.05) is 25.4 Å². The van der Waals surface area contributed by atoms with Gasteiger partial charge in [-0.05, 0) is 37.5 Å². The number of halogens is 1. The molecule has 2 fully saturated rings. The molecule has 1 saturated heterocycles. The average molecular weight is 400 g/mol. The van der Waals surface area contributed by atoms with Gasteiger partial charge in [0, 0.05) is 38.3 Å². The number of amides is 1. The third-order valence-corrected chi connectivity index (χ3v) is 7.52. The number of nitrogens with zero attached hydrogens (tertiary/aromatic N) is 2. The van der Waals surface area contributed by atoms with Crippen LogP contribution in [0.1, 0.15) is 43.5 Å². The zero-order valence-corrected chi connectivity index (χ0v) is 16.8. The second kappa shape index (κ2) is 7.84. The van der Waals surface area contributed by atoms with Gasteiger partial charge in [-0.15, -0.1) is 0 Å². The van der Waals surface area contributed by atoms with E-state index in [9.17, 15) is 13.2 Å². The lowest BCUT2D eigenvalue weighted by Crippen LogP contribution is -2.37. The van der Waals surface area contributed by atoms with Crippen LogP contribution in [0.25, 0.3) is 0 Å². The van der Waals surface area contributed by atoms with Gasteiger partial charge >= 0.3 is 0 Å². The summed E-state index contributed by atoms with van der Waals surface area (Å²) < 4.78 is 26.8. The number of carbonyl (C=O) groups excluding carboxylic acids is 1. The first kappa shape index (κ1) is 19.6. The maximum absolute atomic E-state index is 12.7. The van der Waals surface area contributed by atoms with Crippen molar-refractivity contribution < 1.29 is 13.2 Å². The third kappa shape index (κ3) is 4.06. The van der Waals surface area contributed by atoms with E-state index in [1.165, 1.54) is 35.3 Å². The molecule has 0 spiro atoms. The predicted molar refractivity (Wildman–Crippen MR) is 102 cm³/mol. The van der Waals surface area contributed by atoms with Crippen molar-refractivity contribution in [3.05, 3.63) is 28.8 Å². The lowest BCUT2D eigenvalue weighted by atomic mass is 10.2. The van der Waals surface area contributed by atoms with E-state index in [2.05, 4.69) is 10.2 Å². The van der Waals surface area contributed by atoms with E-state index < -0.39 is 10.0 Å². The highest BCUT2D eigenvalue weighted by Gasteiger charge is 2.35. The summed E-state index contributed by atoms with van der Waals surface area (Å²) in [6.07, 6.45) is 3.41. The Balaban J connectivity index is 1.76. The van der Waals surface area contributed by atoms with Crippen LogP contribution >= 0.6 is 11.6 Å². The standard InChI is InChI=1S/C18H26ClN3O3S/c1-3-22(4-2)26(24,25)15-7-8-17(19)16(11-15)18(23)20-13-9-10-21(12-13)14-5-6-14/h7-8,11,13-14H,3-6,9-10,12H2,1-2H3,(H,20,23). The molecule has 1 amide bonds. The molecule has 1 heterocycles. The molecule has 0 bridgehead atoms. The van der Waals surface area contributed by atoms with Crippen LogP contribution in [0.2, 0.25) is 5.02 Å². The van der Waals surface area contributed by atoms with Crippen molar-refractivity contribution in [3.63, 3.8) is 0 Å². The molecule has 1 aliphatic heterocycles. The van der Waals surface area contributed by atoms with E-state index in [-0.39, 0.29) is 27.4 Å². The monoisotopic (exact) mass is 399 g/mol. The van der Waals surface area contributed by atoms with Crippen molar-refractivity contribution in [1.29, 1.82) is 0 Å². The fourth-order valence-electron chi connectivity index (χ4n) is 3.49. The highest BCUT2D eigenvalue weighted by atomic mass is 35.5.